The van der Waals surface area contributed by atoms with Crippen LogP contribution in [0.1, 0.15) is 29.7 Å². The van der Waals surface area contributed by atoms with Crippen molar-refractivity contribution >= 4 is 15.9 Å². The number of hydrogen-bond acceptors (Lipinski definition) is 6. The van der Waals surface area contributed by atoms with Crippen LogP contribution in [0.2, 0.25) is 0 Å². The van der Waals surface area contributed by atoms with Gasteiger partial charge in [-0.1, -0.05) is 30.3 Å². The Hall–Kier alpha value is -3.19. The highest BCUT2D eigenvalue weighted by atomic mass is 32.2. The van der Waals surface area contributed by atoms with Gasteiger partial charge in [-0.2, -0.15) is 35.9 Å². The fourth-order valence-corrected chi connectivity index (χ4v) is 4.87. The van der Waals surface area contributed by atoms with E-state index < -0.39 is 39.7 Å². The third kappa shape index (κ3) is 4.64. The fourth-order valence-electron chi connectivity index (χ4n) is 3.75. The van der Waals surface area contributed by atoms with Gasteiger partial charge in [0.1, 0.15) is 11.4 Å². The fraction of sp³-hybridized carbons (Fsp3) is 0.350. The normalized spacial score (nSPS) is 16.0. The maximum Gasteiger partial charge on any atom is 0.408 e. The lowest BCUT2D eigenvalue weighted by Gasteiger charge is -2.25. The largest absolute Gasteiger partial charge is 0.408 e. The van der Waals surface area contributed by atoms with Crippen LogP contribution in [-0.4, -0.2) is 55.6 Å². The number of carbonyl (C=O) groups excluding carboxylic acids is 1. The minimum absolute atomic E-state index is 0.0417. The number of fused-ring (bicyclic) bond motifs is 1. The Morgan fingerprint density at radius 3 is 2.48 bits per heavy atom. The van der Waals surface area contributed by atoms with Gasteiger partial charge in [0.2, 0.25) is 5.91 Å². The van der Waals surface area contributed by atoms with Crippen LogP contribution in [0, 0.1) is 0 Å². The molecule has 0 saturated heterocycles. The molecule has 2 aromatic heterocycles. The van der Waals surface area contributed by atoms with Crippen molar-refractivity contribution in [2.75, 3.05) is 0 Å². The zero-order chi connectivity index (χ0) is 24.0. The minimum Gasteiger partial charge on any atom is -0.392 e. The number of halogens is 3. The third-order valence-electron chi connectivity index (χ3n) is 5.27. The maximum atomic E-state index is 13.1. The van der Waals surface area contributed by atoms with Crippen molar-refractivity contribution in [3.63, 3.8) is 0 Å². The van der Waals surface area contributed by atoms with Gasteiger partial charge in [-0.25, -0.2) is 0 Å². The van der Waals surface area contributed by atoms with Crippen molar-refractivity contribution in [1.82, 2.24) is 23.9 Å². The van der Waals surface area contributed by atoms with E-state index in [1.165, 1.54) is 18.0 Å². The summed E-state index contributed by atoms with van der Waals surface area (Å²) in [7, 11) is -4.25. The Kier molecular flexibility index (Phi) is 5.78. The van der Waals surface area contributed by atoms with E-state index in [9.17, 15) is 31.5 Å². The van der Waals surface area contributed by atoms with Crippen molar-refractivity contribution in [1.29, 1.82) is 0 Å². The average Bonchev–Trinajstić information content (AvgIpc) is 3.42. The molecule has 1 N–H and O–H groups in total. The van der Waals surface area contributed by atoms with Gasteiger partial charge in [-0.05, 0) is 12.5 Å². The molecule has 0 aliphatic carbocycles. The van der Waals surface area contributed by atoms with Gasteiger partial charge >= 0.3 is 6.18 Å². The minimum atomic E-state index is -4.54. The molecule has 0 radical (unpaired) electrons. The SMILES string of the molecule is C[C@H](O)[C@@H](C(=O)N1Cc2cn(S(=O)(=O)c3cnn(CC(F)(F)F)c3)nc2C1)c1ccccc1. The molecular weight excluding hydrogens is 463 g/mol. The lowest BCUT2D eigenvalue weighted by molar-refractivity contribution is -0.142. The second kappa shape index (κ2) is 8.30. The van der Waals surface area contributed by atoms with Gasteiger partial charge < -0.3 is 10.0 Å². The summed E-state index contributed by atoms with van der Waals surface area (Å²) in [4.78, 5) is 14.1. The maximum absolute atomic E-state index is 13.1. The number of hydrogen-bond donors (Lipinski definition) is 1. The number of alkyl halides is 3. The number of carbonyl (C=O) groups is 1. The summed E-state index contributed by atoms with van der Waals surface area (Å²) in [5.74, 6) is -1.11. The molecule has 9 nitrogen and oxygen atoms in total. The van der Waals surface area contributed by atoms with Crippen LogP contribution in [0.5, 0.6) is 0 Å². The molecule has 1 aromatic carbocycles. The first-order valence-electron chi connectivity index (χ1n) is 9.90. The van der Waals surface area contributed by atoms with Gasteiger partial charge in [0, 0.05) is 24.5 Å². The standard InChI is InChI=1S/C20H20F3N5O4S/c1-13(29)18(14-5-3-2-4-6-14)19(30)26-8-15-9-28(25-17(15)11-26)33(31,32)16-7-24-27(10-16)12-20(21,22)23/h2-7,9-10,13,18,29H,8,11-12H2,1H3/t13-,18+/m0/s1. The number of rotatable bonds is 6. The first-order valence-corrected chi connectivity index (χ1v) is 11.3. The molecule has 1 aliphatic heterocycles. The van der Waals surface area contributed by atoms with Crippen molar-refractivity contribution in [3.8, 4) is 0 Å². The van der Waals surface area contributed by atoms with E-state index in [0.29, 0.717) is 25.6 Å². The average molecular weight is 483 g/mol. The molecule has 13 heteroatoms. The molecule has 0 fully saturated rings. The number of aromatic nitrogens is 4. The topological polar surface area (TPSA) is 110 Å². The zero-order valence-corrected chi connectivity index (χ0v) is 18.2. The van der Waals surface area contributed by atoms with Gasteiger partial charge in [-0.3, -0.25) is 9.48 Å². The molecule has 0 saturated carbocycles. The van der Waals surface area contributed by atoms with Crippen LogP contribution in [0.4, 0.5) is 13.2 Å². The summed E-state index contributed by atoms with van der Waals surface area (Å²) in [6.07, 6.45) is -2.63. The smallest absolute Gasteiger partial charge is 0.392 e. The van der Waals surface area contributed by atoms with Crippen molar-refractivity contribution in [2.45, 2.75) is 49.7 Å². The van der Waals surface area contributed by atoms with Crippen LogP contribution >= 0.6 is 0 Å². The highest BCUT2D eigenvalue weighted by Gasteiger charge is 2.36. The van der Waals surface area contributed by atoms with E-state index in [-0.39, 0.29) is 19.0 Å². The molecule has 1 aliphatic rings. The number of amides is 1. The number of benzene rings is 1. The Labute approximate surface area is 187 Å². The molecule has 4 rings (SSSR count). The van der Waals surface area contributed by atoms with Gasteiger partial charge in [-0.15, -0.1) is 0 Å². The summed E-state index contributed by atoms with van der Waals surface area (Å²) < 4.78 is 64.3. The molecule has 1 amide bonds. The molecule has 0 bridgehead atoms. The third-order valence-corrected chi connectivity index (χ3v) is 6.76. The molecular formula is C20H20F3N5O4S. The lowest BCUT2D eigenvalue weighted by atomic mass is 9.93. The van der Waals surface area contributed by atoms with Crippen LogP contribution < -0.4 is 0 Å². The number of aliphatic hydroxyl groups excluding tert-OH is 1. The summed E-state index contributed by atoms with van der Waals surface area (Å²) in [6.45, 7) is 0.241. The molecule has 3 aromatic rings. The monoisotopic (exact) mass is 483 g/mol. The predicted octanol–water partition coefficient (Wildman–Crippen LogP) is 1.89. The quantitative estimate of drug-likeness (QED) is 0.573. The molecule has 0 unspecified atom stereocenters. The molecule has 176 valence electrons. The molecule has 0 spiro atoms. The van der Waals surface area contributed by atoms with E-state index in [1.807, 2.05) is 0 Å². The summed E-state index contributed by atoms with van der Waals surface area (Å²) >= 11 is 0. The van der Waals surface area contributed by atoms with E-state index >= 15 is 0 Å². The predicted molar refractivity (Wildman–Crippen MR) is 108 cm³/mol. The number of aliphatic hydroxyl groups is 1. The zero-order valence-electron chi connectivity index (χ0n) is 17.3. The first-order chi connectivity index (χ1) is 15.5. The van der Waals surface area contributed by atoms with E-state index in [2.05, 4.69) is 10.2 Å². The second-order valence-electron chi connectivity index (χ2n) is 7.79. The lowest BCUT2D eigenvalue weighted by Crippen LogP contribution is -2.36. The van der Waals surface area contributed by atoms with Crippen molar-refractivity contribution in [2.24, 2.45) is 0 Å². The van der Waals surface area contributed by atoms with E-state index in [0.717, 1.165) is 12.4 Å². The van der Waals surface area contributed by atoms with Crippen LogP contribution in [0.3, 0.4) is 0 Å². The van der Waals surface area contributed by atoms with Crippen molar-refractivity contribution in [3.05, 3.63) is 65.7 Å². The Morgan fingerprint density at radius 2 is 1.88 bits per heavy atom. The van der Waals surface area contributed by atoms with Gasteiger partial charge in [0.05, 0.1) is 30.5 Å². The summed E-state index contributed by atoms with van der Waals surface area (Å²) in [6, 6.07) is 8.83. The van der Waals surface area contributed by atoms with Crippen LogP contribution in [0.15, 0.2) is 53.8 Å². The highest BCUT2D eigenvalue weighted by molar-refractivity contribution is 7.89. The van der Waals surface area contributed by atoms with E-state index in [1.54, 1.807) is 30.3 Å². The molecule has 2 atom stereocenters. The Balaban J connectivity index is 1.52. The molecule has 33 heavy (non-hydrogen) atoms. The number of nitrogens with zero attached hydrogens (tertiary/aromatic N) is 5. The highest BCUT2D eigenvalue weighted by Crippen LogP contribution is 2.29. The van der Waals surface area contributed by atoms with Gasteiger partial charge in [0.25, 0.3) is 10.0 Å². The Bertz CT molecular complexity index is 1240. The van der Waals surface area contributed by atoms with Gasteiger partial charge in [0.15, 0.2) is 0 Å². The first kappa shape index (κ1) is 23.0. The summed E-state index contributed by atoms with van der Waals surface area (Å²) in [5.41, 5.74) is 1.50. The van der Waals surface area contributed by atoms with Crippen LogP contribution in [-0.2, 0) is 34.5 Å². The van der Waals surface area contributed by atoms with E-state index in [4.69, 9.17) is 0 Å². The second-order valence-corrected chi connectivity index (χ2v) is 9.59. The van der Waals surface area contributed by atoms with Crippen LogP contribution in [0.25, 0.3) is 0 Å². The van der Waals surface area contributed by atoms with Crippen molar-refractivity contribution < 1.29 is 31.5 Å². The molecule has 3 heterocycles. The summed E-state index contributed by atoms with van der Waals surface area (Å²) in [5, 5.41) is 17.7. The Morgan fingerprint density at radius 1 is 1.18 bits per heavy atom.